The van der Waals surface area contributed by atoms with Crippen molar-refractivity contribution in [3.05, 3.63) is 64.7 Å². The van der Waals surface area contributed by atoms with Crippen molar-refractivity contribution in [3.63, 3.8) is 0 Å². The third kappa shape index (κ3) is 2.82. The highest BCUT2D eigenvalue weighted by molar-refractivity contribution is 5.33. The number of nitrogens with one attached hydrogen (secondary N) is 1. The van der Waals surface area contributed by atoms with E-state index in [1.54, 1.807) is 18.3 Å². The molecule has 0 aliphatic heterocycles. The Labute approximate surface area is 115 Å². The van der Waals surface area contributed by atoms with Gasteiger partial charge in [0, 0.05) is 17.5 Å². The zero-order chi connectivity index (χ0) is 14.7. The molecule has 0 amide bonds. The van der Waals surface area contributed by atoms with Crippen molar-refractivity contribution >= 4 is 0 Å². The van der Waals surface area contributed by atoms with Crippen LogP contribution in [-0.2, 0) is 0 Å². The van der Waals surface area contributed by atoms with Crippen molar-refractivity contribution in [1.29, 1.82) is 0 Å². The number of hydrogen-bond donors (Lipinski definition) is 1. The third-order valence-corrected chi connectivity index (χ3v) is 3.04. The summed E-state index contributed by atoms with van der Waals surface area (Å²) in [6.45, 7) is 4.23. The number of rotatable bonds is 4. The van der Waals surface area contributed by atoms with E-state index in [1.165, 1.54) is 6.07 Å². The lowest BCUT2D eigenvalue weighted by molar-refractivity contribution is 0.433. The molecule has 0 bridgehead atoms. The van der Waals surface area contributed by atoms with E-state index in [2.05, 4.69) is 10.3 Å². The summed E-state index contributed by atoms with van der Waals surface area (Å²) in [5, 5.41) is 3.07. The van der Waals surface area contributed by atoms with E-state index in [0.29, 0.717) is 6.54 Å². The summed E-state index contributed by atoms with van der Waals surface area (Å²) in [7, 11) is 0. The molecule has 106 valence electrons. The molecule has 1 aromatic heterocycles. The second kappa shape index (κ2) is 6.05. The minimum atomic E-state index is -1.45. The molecule has 0 spiro atoms. The Morgan fingerprint density at radius 1 is 1.15 bits per heavy atom. The van der Waals surface area contributed by atoms with Gasteiger partial charge in [-0.25, -0.2) is 13.2 Å². The molecule has 1 N–H and O–H groups in total. The van der Waals surface area contributed by atoms with Crippen LogP contribution in [0.5, 0.6) is 0 Å². The maximum absolute atomic E-state index is 14.0. The van der Waals surface area contributed by atoms with Crippen molar-refractivity contribution in [3.8, 4) is 0 Å². The van der Waals surface area contributed by atoms with E-state index in [4.69, 9.17) is 0 Å². The average Bonchev–Trinajstić information content (AvgIpc) is 2.43. The lowest BCUT2D eigenvalue weighted by Gasteiger charge is -2.20. The topological polar surface area (TPSA) is 24.9 Å². The average molecular weight is 280 g/mol. The number of nitrogens with zero attached hydrogens (tertiary/aromatic N) is 1. The van der Waals surface area contributed by atoms with Gasteiger partial charge >= 0.3 is 0 Å². The Morgan fingerprint density at radius 3 is 2.55 bits per heavy atom. The molecule has 0 aliphatic carbocycles. The summed E-state index contributed by atoms with van der Waals surface area (Å²) >= 11 is 0. The maximum Gasteiger partial charge on any atom is 0.194 e. The number of pyridine rings is 1. The van der Waals surface area contributed by atoms with E-state index in [0.717, 1.165) is 17.3 Å². The highest BCUT2D eigenvalue weighted by Gasteiger charge is 2.21. The molecule has 0 saturated carbocycles. The van der Waals surface area contributed by atoms with E-state index in [9.17, 15) is 13.2 Å². The standard InChI is InChI=1S/C15H15F3N2/c1-3-19-15(10-6-7-20-9(2)8-10)11-4-5-12(16)14(18)13(11)17/h4-8,15,19H,3H2,1-2H3. The smallest absolute Gasteiger partial charge is 0.194 e. The highest BCUT2D eigenvalue weighted by atomic mass is 19.2. The first kappa shape index (κ1) is 14.5. The molecular formula is C15H15F3N2. The van der Waals surface area contributed by atoms with Gasteiger partial charge in [-0.3, -0.25) is 4.98 Å². The number of hydrogen-bond acceptors (Lipinski definition) is 2. The van der Waals surface area contributed by atoms with Gasteiger partial charge in [-0.05, 0) is 37.2 Å². The molecule has 2 rings (SSSR count). The van der Waals surface area contributed by atoms with Crippen LogP contribution >= 0.6 is 0 Å². The van der Waals surface area contributed by atoms with Gasteiger partial charge < -0.3 is 5.32 Å². The number of aryl methyl sites for hydroxylation is 1. The Balaban J connectivity index is 2.51. The molecule has 20 heavy (non-hydrogen) atoms. The van der Waals surface area contributed by atoms with Gasteiger partial charge in [0.25, 0.3) is 0 Å². The van der Waals surface area contributed by atoms with Crippen LogP contribution in [0.3, 0.4) is 0 Å². The fraction of sp³-hybridized carbons (Fsp3) is 0.267. The predicted molar refractivity (Wildman–Crippen MR) is 70.8 cm³/mol. The molecule has 1 unspecified atom stereocenters. The van der Waals surface area contributed by atoms with Crippen molar-refractivity contribution in [2.24, 2.45) is 0 Å². The summed E-state index contributed by atoms with van der Waals surface area (Å²) in [5.74, 6) is -3.80. The summed E-state index contributed by atoms with van der Waals surface area (Å²) in [6, 6.07) is 5.16. The van der Waals surface area contributed by atoms with Crippen LogP contribution in [0, 0.1) is 24.4 Å². The molecule has 1 heterocycles. The molecule has 0 radical (unpaired) electrons. The fourth-order valence-electron chi connectivity index (χ4n) is 2.12. The number of aromatic nitrogens is 1. The molecule has 5 heteroatoms. The second-order valence-corrected chi connectivity index (χ2v) is 4.49. The summed E-state index contributed by atoms with van der Waals surface area (Å²) in [5.41, 5.74) is 1.61. The quantitative estimate of drug-likeness (QED) is 0.867. The third-order valence-electron chi connectivity index (χ3n) is 3.04. The van der Waals surface area contributed by atoms with E-state index in [1.807, 2.05) is 13.8 Å². The summed E-state index contributed by atoms with van der Waals surface area (Å²) < 4.78 is 40.4. The normalized spacial score (nSPS) is 12.4. The minimum absolute atomic E-state index is 0.0800. The molecule has 0 fully saturated rings. The van der Waals surface area contributed by atoms with Gasteiger partial charge in [0.2, 0.25) is 0 Å². The summed E-state index contributed by atoms with van der Waals surface area (Å²) in [6.07, 6.45) is 1.60. The van der Waals surface area contributed by atoms with E-state index < -0.39 is 23.5 Å². The second-order valence-electron chi connectivity index (χ2n) is 4.49. The lowest BCUT2D eigenvalue weighted by Crippen LogP contribution is -2.23. The van der Waals surface area contributed by atoms with Crippen LogP contribution in [-0.4, -0.2) is 11.5 Å². The number of halogens is 3. The number of benzene rings is 1. The van der Waals surface area contributed by atoms with Crippen molar-refractivity contribution in [2.75, 3.05) is 6.54 Å². The van der Waals surface area contributed by atoms with Gasteiger partial charge in [0.1, 0.15) is 0 Å². The van der Waals surface area contributed by atoms with Crippen LogP contribution < -0.4 is 5.32 Å². The van der Waals surface area contributed by atoms with Gasteiger partial charge in [0.15, 0.2) is 17.5 Å². The van der Waals surface area contributed by atoms with E-state index in [-0.39, 0.29) is 5.56 Å². The largest absolute Gasteiger partial charge is 0.306 e. The molecule has 0 aliphatic rings. The highest BCUT2D eigenvalue weighted by Crippen LogP contribution is 2.27. The first-order chi connectivity index (χ1) is 9.54. The molecule has 0 saturated heterocycles. The van der Waals surface area contributed by atoms with Crippen molar-refractivity contribution < 1.29 is 13.2 Å². The van der Waals surface area contributed by atoms with Crippen LogP contribution in [0.4, 0.5) is 13.2 Å². The molecule has 2 aromatic rings. The van der Waals surface area contributed by atoms with Gasteiger partial charge in [-0.15, -0.1) is 0 Å². The Bertz CT molecular complexity index is 614. The van der Waals surface area contributed by atoms with E-state index >= 15 is 0 Å². The Kier molecular flexibility index (Phi) is 4.39. The van der Waals surface area contributed by atoms with Crippen LogP contribution in [0.2, 0.25) is 0 Å². The fourth-order valence-corrected chi connectivity index (χ4v) is 2.12. The van der Waals surface area contributed by atoms with Crippen molar-refractivity contribution in [1.82, 2.24) is 10.3 Å². The zero-order valence-corrected chi connectivity index (χ0v) is 11.3. The van der Waals surface area contributed by atoms with Crippen LogP contribution in [0.15, 0.2) is 30.5 Å². The van der Waals surface area contributed by atoms with Crippen LogP contribution in [0.1, 0.15) is 29.8 Å². The molecule has 2 nitrogen and oxygen atoms in total. The minimum Gasteiger partial charge on any atom is -0.306 e. The summed E-state index contributed by atoms with van der Waals surface area (Å²) in [4.78, 5) is 4.07. The zero-order valence-electron chi connectivity index (χ0n) is 11.3. The Morgan fingerprint density at radius 2 is 1.90 bits per heavy atom. The maximum atomic E-state index is 14.0. The predicted octanol–water partition coefficient (Wildman–Crippen LogP) is 3.51. The lowest BCUT2D eigenvalue weighted by atomic mass is 9.98. The van der Waals surface area contributed by atoms with Crippen molar-refractivity contribution in [2.45, 2.75) is 19.9 Å². The van der Waals surface area contributed by atoms with Crippen LogP contribution in [0.25, 0.3) is 0 Å². The molecular weight excluding hydrogens is 265 g/mol. The Hall–Kier alpha value is -1.88. The first-order valence-corrected chi connectivity index (χ1v) is 6.34. The van der Waals surface area contributed by atoms with Gasteiger partial charge in [-0.2, -0.15) is 0 Å². The van der Waals surface area contributed by atoms with Gasteiger partial charge in [0.05, 0.1) is 6.04 Å². The molecule has 1 aromatic carbocycles. The monoisotopic (exact) mass is 280 g/mol. The SMILES string of the molecule is CCNC(c1ccnc(C)c1)c1ccc(F)c(F)c1F. The van der Waals surface area contributed by atoms with Gasteiger partial charge in [-0.1, -0.05) is 13.0 Å². The first-order valence-electron chi connectivity index (χ1n) is 6.34. The molecule has 1 atom stereocenters.